The summed E-state index contributed by atoms with van der Waals surface area (Å²) in [4.78, 5) is 13.0. The lowest BCUT2D eigenvalue weighted by atomic mass is 9.88. The van der Waals surface area contributed by atoms with Crippen molar-refractivity contribution in [3.8, 4) is 0 Å². The second kappa shape index (κ2) is 6.58. The molecule has 1 saturated carbocycles. The number of oxime groups is 1. The fourth-order valence-corrected chi connectivity index (χ4v) is 3.87. The van der Waals surface area contributed by atoms with E-state index in [1.54, 1.807) is 6.07 Å². The summed E-state index contributed by atoms with van der Waals surface area (Å²) in [6.45, 7) is 0. The van der Waals surface area contributed by atoms with Crippen LogP contribution in [0.4, 0.5) is 0 Å². The van der Waals surface area contributed by atoms with Gasteiger partial charge < -0.3 is 16.3 Å². The molecule has 0 bridgehead atoms. The third kappa shape index (κ3) is 3.32. The van der Waals surface area contributed by atoms with Crippen LogP contribution in [0.2, 0.25) is 0 Å². The smallest absolute Gasteiger partial charge is 0.262 e. The number of hydrogen-bond acceptors (Lipinski definition) is 4. The van der Waals surface area contributed by atoms with E-state index in [2.05, 4.69) is 26.4 Å². The Morgan fingerprint density at radius 1 is 1.35 bits per heavy atom. The summed E-state index contributed by atoms with van der Waals surface area (Å²) >= 11 is 4.71. The van der Waals surface area contributed by atoms with E-state index in [1.807, 2.05) is 6.07 Å². The van der Waals surface area contributed by atoms with Crippen LogP contribution in [-0.2, 0) is 0 Å². The Balaban J connectivity index is 2.21. The maximum atomic E-state index is 12.4. The molecule has 20 heavy (non-hydrogen) atoms. The van der Waals surface area contributed by atoms with Gasteiger partial charge in [-0.2, -0.15) is 0 Å². The molecule has 4 N–H and O–H groups in total. The standard InChI is InChI=1S/C13H18BrN3O2S/c14-10-6-5-9(20-10)11(18)16-13(12(15)17-19)7-3-1-2-4-8-13/h5-6,19H,1-4,7-8H2,(H2,15,17)(H,16,18). The quantitative estimate of drug-likeness (QED) is 0.255. The second-order valence-corrected chi connectivity index (χ2v) is 7.50. The van der Waals surface area contributed by atoms with Gasteiger partial charge in [0.05, 0.1) is 8.66 Å². The van der Waals surface area contributed by atoms with E-state index < -0.39 is 5.54 Å². The number of rotatable bonds is 3. The highest BCUT2D eigenvalue weighted by Gasteiger charge is 2.37. The molecule has 5 nitrogen and oxygen atoms in total. The number of nitrogens with one attached hydrogen (secondary N) is 1. The van der Waals surface area contributed by atoms with Crippen molar-refractivity contribution in [1.82, 2.24) is 5.32 Å². The van der Waals surface area contributed by atoms with E-state index in [-0.39, 0.29) is 11.7 Å². The van der Waals surface area contributed by atoms with Crippen molar-refractivity contribution in [2.75, 3.05) is 0 Å². The third-order valence-corrected chi connectivity index (χ3v) is 5.33. The van der Waals surface area contributed by atoms with Gasteiger partial charge in [-0.3, -0.25) is 4.79 Å². The first-order valence-electron chi connectivity index (χ1n) is 6.63. The first-order valence-corrected chi connectivity index (χ1v) is 8.24. The average molecular weight is 360 g/mol. The molecule has 2 rings (SSSR count). The predicted octanol–water partition coefficient (Wildman–Crippen LogP) is 3.08. The summed E-state index contributed by atoms with van der Waals surface area (Å²) in [6.07, 6.45) is 5.57. The topological polar surface area (TPSA) is 87.7 Å². The van der Waals surface area contributed by atoms with Gasteiger partial charge >= 0.3 is 0 Å². The van der Waals surface area contributed by atoms with Crippen molar-refractivity contribution in [3.63, 3.8) is 0 Å². The molecule has 0 radical (unpaired) electrons. The van der Waals surface area contributed by atoms with Crippen LogP contribution in [0.3, 0.4) is 0 Å². The summed E-state index contributed by atoms with van der Waals surface area (Å²) in [5.41, 5.74) is 5.14. The van der Waals surface area contributed by atoms with E-state index in [9.17, 15) is 4.79 Å². The zero-order valence-electron chi connectivity index (χ0n) is 11.1. The lowest BCUT2D eigenvalue weighted by molar-refractivity contribution is 0.0919. The number of nitrogens with two attached hydrogens (primary N) is 1. The normalized spacial score (nSPS) is 19.4. The molecule has 0 atom stereocenters. The van der Waals surface area contributed by atoms with Gasteiger partial charge in [0.15, 0.2) is 5.84 Å². The highest BCUT2D eigenvalue weighted by Crippen LogP contribution is 2.29. The number of halogens is 1. The Morgan fingerprint density at radius 3 is 2.50 bits per heavy atom. The van der Waals surface area contributed by atoms with Crippen molar-refractivity contribution < 1.29 is 10.0 Å². The Bertz CT molecular complexity index is 507. The summed E-state index contributed by atoms with van der Waals surface area (Å²) in [6, 6.07) is 3.60. The van der Waals surface area contributed by atoms with Crippen molar-refractivity contribution in [1.29, 1.82) is 0 Å². The third-order valence-electron chi connectivity index (χ3n) is 3.70. The first-order chi connectivity index (χ1) is 9.57. The van der Waals surface area contributed by atoms with Gasteiger partial charge in [0, 0.05) is 0 Å². The summed E-state index contributed by atoms with van der Waals surface area (Å²) < 4.78 is 0.904. The van der Waals surface area contributed by atoms with Crippen LogP contribution < -0.4 is 11.1 Å². The minimum absolute atomic E-state index is 0.100. The van der Waals surface area contributed by atoms with Gasteiger partial charge in [-0.15, -0.1) is 11.3 Å². The number of amides is 1. The zero-order valence-corrected chi connectivity index (χ0v) is 13.5. The minimum Gasteiger partial charge on any atom is -0.409 e. The molecule has 1 aromatic heterocycles. The average Bonchev–Trinajstić information content (AvgIpc) is 2.74. The molecular formula is C13H18BrN3O2S. The van der Waals surface area contributed by atoms with Crippen LogP contribution in [0.1, 0.15) is 48.2 Å². The molecule has 7 heteroatoms. The SMILES string of the molecule is N/C(=N/O)C1(NC(=O)c2ccc(Br)s2)CCCCCC1. The number of carbonyl (C=O) groups is 1. The Labute approximate surface area is 130 Å². The zero-order chi connectivity index (χ0) is 14.6. The highest BCUT2D eigenvalue weighted by atomic mass is 79.9. The van der Waals surface area contributed by atoms with Gasteiger partial charge in [0.25, 0.3) is 5.91 Å². The van der Waals surface area contributed by atoms with Crippen LogP contribution in [0.5, 0.6) is 0 Å². The Hall–Kier alpha value is -1.08. The second-order valence-electron chi connectivity index (χ2n) is 5.04. The van der Waals surface area contributed by atoms with Crippen LogP contribution in [0.25, 0.3) is 0 Å². The predicted molar refractivity (Wildman–Crippen MR) is 83.3 cm³/mol. The van der Waals surface area contributed by atoms with Crippen LogP contribution in [0.15, 0.2) is 21.1 Å². The Kier molecular flexibility index (Phi) is 5.04. The van der Waals surface area contributed by atoms with Crippen molar-refractivity contribution in [2.24, 2.45) is 10.9 Å². The number of carbonyl (C=O) groups excluding carboxylic acids is 1. The summed E-state index contributed by atoms with van der Waals surface area (Å²) in [7, 11) is 0. The van der Waals surface area contributed by atoms with E-state index >= 15 is 0 Å². The van der Waals surface area contributed by atoms with Gasteiger partial charge in [0.2, 0.25) is 0 Å². The van der Waals surface area contributed by atoms with E-state index in [0.29, 0.717) is 17.7 Å². The lowest BCUT2D eigenvalue weighted by Crippen LogP contribution is -2.57. The number of hydrogen-bond donors (Lipinski definition) is 3. The van der Waals surface area contributed by atoms with Gasteiger partial charge in [-0.25, -0.2) is 0 Å². The lowest BCUT2D eigenvalue weighted by Gasteiger charge is -2.32. The van der Waals surface area contributed by atoms with E-state index in [0.717, 1.165) is 29.5 Å². The highest BCUT2D eigenvalue weighted by molar-refractivity contribution is 9.11. The molecule has 1 aromatic rings. The molecule has 0 saturated heterocycles. The number of nitrogens with zero attached hydrogens (tertiary/aromatic N) is 1. The first kappa shape index (κ1) is 15.3. The molecular weight excluding hydrogens is 342 g/mol. The van der Waals surface area contributed by atoms with Gasteiger partial charge in [0.1, 0.15) is 5.54 Å². The summed E-state index contributed by atoms with van der Waals surface area (Å²) in [5, 5.41) is 15.2. The van der Waals surface area contributed by atoms with Gasteiger partial charge in [-0.05, 0) is 40.9 Å². The summed E-state index contributed by atoms with van der Waals surface area (Å²) in [5.74, 6) is -0.0717. The number of amidine groups is 1. The van der Waals surface area contributed by atoms with Crippen molar-refractivity contribution in [3.05, 3.63) is 20.8 Å². The maximum absolute atomic E-state index is 12.4. The molecule has 1 aliphatic rings. The molecule has 1 fully saturated rings. The molecule has 1 heterocycles. The van der Waals surface area contributed by atoms with Crippen LogP contribution in [-0.4, -0.2) is 22.5 Å². The number of thiophene rings is 1. The van der Waals surface area contributed by atoms with Crippen molar-refractivity contribution in [2.45, 2.75) is 44.1 Å². The van der Waals surface area contributed by atoms with E-state index in [1.165, 1.54) is 11.3 Å². The molecule has 1 aliphatic carbocycles. The van der Waals surface area contributed by atoms with E-state index in [4.69, 9.17) is 10.9 Å². The Morgan fingerprint density at radius 2 is 2.00 bits per heavy atom. The largest absolute Gasteiger partial charge is 0.409 e. The maximum Gasteiger partial charge on any atom is 0.262 e. The van der Waals surface area contributed by atoms with Crippen LogP contribution in [0, 0.1) is 0 Å². The monoisotopic (exact) mass is 359 g/mol. The molecule has 110 valence electrons. The molecule has 1 amide bonds. The minimum atomic E-state index is -0.723. The van der Waals surface area contributed by atoms with Gasteiger partial charge in [-0.1, -0.05) is 30.8 Å². The fraction of sp³-hybridized carbons (Fsp3) is 0.538. The molecule has 0 unspecified atom stereocenters. The fourth-order valence-electron chi connectivity index (χ4n) is 2.59. The van der Waals surface area contributed by atoms with Crippen LogP contribution >= 0.6 is 27.3 Å². The van der Waals surface area contributed by atoms with Crippen molar-refractivity contribution >= 4 is 39.0 Å². The molecule has 0 aliphatic heterocycles. The molecule has 0 spiro atoms. The molecule has 0 aromatic carbocycles.